The Balaban J connectivity index is 2.10. The van der Waals surface area contributed by atoms with Crippen LogP contribution in [0.1, 0.15) is 22.3 Å². The van der Waals surface area contributed by atoms with E-state index in [1.165, 1.54) is 11.1 Å². The van der Waals surface area contributed by atoms with Crippen molar-refractivity contribution < 1.29 is 14.3 Å². The molecule has 2 aromatic carbocycles. The molecule has 0 aliphatic heterocycles. The zero-order valence-corrected chi connectivity index (χ0v) is 15.1. The van der Waals surface area contributed by atoms with Gasteiger partial charge in [-0.2, -0.15) is 0 Å². The van der Waals surface area contributed by atoms with E-state index in [9.17, 15) is 4.79 Å². The first-order chi connectivity index (χ1) is 11.5. The van der Waals surface area contributed by atoms with Crippen LogP contribution in [0.25, 0.3) is 0 Å². The van der Waals surface area contributed by atoms with Gasteiger partial charge in [0, 0.05) is 19.2 Å². The lowest BCUT2D eigenvalue weighted by Gasteiger charge is -2.20. The van der Waals surface area contributed by atoms with Crippen LogP contribution in [0.5, 0.6) is 11.5 Å². The molecule has 0 spiro atoms. The fourth-order valence-electron chi connectivity index (χ4n) is 2.64. The predicted molar refractivity (Wildman–Crippen MR) is 95.6 cm³/mol. The van der Waals surface area contributed by atoms with Gasteiger partial charge >= 0.3 is 0 Å². The Bertz CT molecular complexity index is 725. The standard InChI is InChI=1S/C20H25NO3/c1-14-9-10-16(11-15(14)2)12-19(22)21(3)13-17-7-6-8-18(23-4)20(17)24-5/h6-11H,12-13H2,1-5H3. The molecule has 1 amide bonds. The van der Waals surface area contributed by atoms with Crippen LogP contribution >= 0.6 is 0 Å². The number of benzene rings is 2. The number of methoxy groups -OCH3 is 2. The molecule has 0 heterocycles. The lowest BCUT2D eigenvalue weighted by atomic mass is 10.0. The molecule has 0 unspecified atom stereocenters. The van der Waals surface area contributed by atoms with E-state index >= 15 is 0 Å². The van der Waals surface area contributed by atoms with E-state index in [4.69, 9.17) is 9.47 Å². The Morgan fingerprint density at radius 1 is 1.04 bits per heavy atom. The molecule has 0 atom stereocenters. The Morgan fingerprint density at radius 2 is 1.79 bits per heavy atom. The van der Waals surface area contributed by atoms with Crippen molar-refractivity contribution in [1.82, 2.24) is 4.90 Å². The molecule has 0 fully saturated rings. The molecule has 128 valence electrons. The minimum atomic E-state index is 0.0723. The summed E-state index contributed by atoms with van der Waals surface area (Å²) in [5.74, 6) is 1.42. The van der Waals surface area contributed by atoms with Crippen LogP contribution in [0.2, 0.25) is 0 Å². The fraction of sp³-hybridized carbons (Fsp3) is 0.350. The maximum atomic E-state index is 12.5. The number of para-hydroxylation sites is 1. The van der Waals surface area contributed by atoms with Crippen molar-refractivity contribution in [1.29, 1.82) is 0 Å². The molecule has 2 rings (SSSR count). The summed E-state index contributed by atoms with van der Waals surface area (Å²) in [6.45, 7) is 4.61. The van der Waals surface area contributed by atoms with Crippen molar-refractivity contribution in [3.63, 3.8) is 0 Å². The summed E-state index contributed by atoms with van der Waals surface area (Å²) in [4.78, 5) is 14.2. The molecule has 4 heteroatoms. The van der Waals surface area contributed by atoms with Gasteiger partial charge in [0.2, 0.25) is 5.91 Å². The summed E-state index contributed by atoms with van der Waals surface area (Å²) >= 11 is 0. The maximum Gasteiger partial charge on any atom is 0.227 e. The third-order valence-electron chi connectivity index (χ3n) is 4.24. The maximum absolute atomic E-state index is 12.5. The lowest BCUT2D eigenvalue weighted by molar-refractivity contribution is -0.129. The first-order valence-electron chi connectivity index (χ1n) is 7.96. The second kappa shape index (κ2) is 7.86. The monoisotopic (exact) mass is 327 g/mol. The average molecular weight is 327 g/mol. The fourth-order valence-corrected chi connectivity index (χ4v) is 2.64. The Labute approximate surface area is 144 Å². The van der Waals surface area contributed by atoms with E-state index in [0.29, 0.717) is 24.5 Å². The van der Waals surface area contributed by atoms with Crippen molar-refractivity contribution in [2.45, 2.75) is 26.8 Å². The molecule has 0 aliphatic carbocycles. The van der Waals surface area contributed by atoms with Crippen LogP contribution in [0.3, 0.4) is 0 Å². The molecule has 0 radical (unpaired) electrons. The smallest absolute Gasteiger partial charge is 0.227 e. The predicted octanol–water partition coefficient (Wildman–Crippen LogP) is 3.52. The summed E-state index contributed by atoms with van der Waals surface area (Å²) in [6.07, 6.45) is 0.393. The molecule has 0 N–H and O–H groups in total. The zero-order valence-electron chi connectivity index (χ0n) is 15.1. The van der Waals surface area contributed by atoms with Gasteiger partial charge in [0.15, 0.2) is 11.5 Å². The van der Waals surface area contributed by atoms with Gasteiger partial charge in [-0.25, -0.2) is 0 Å². The largest absolute Gasteiger partial charge is 0.493 e. The second-order valence-corrected chi connectivity index (χ2v) is 6.00. The van der Waals surface area contributed by atoms with Gasteiger partial charge in [-0.05, 0) is 36.6 Å². The summed E-state index contributed by atoms with van der Waals surface area (Å²) in [7, 11) is 5.02. The van der Waals surface area contributed by atoms with Crippen molar-refractivity contribution in [2.75, 3.05) is 21.3 Å². The number of carbonyl (C=O) groups excluding carboxylic acids is 1. The van der Waals surface area contributed by atoms with Gasteiger partial charge in [0.05, 0.1) is 20.6 Å². The average Bonchev–Trinajstić information content (AvgIpc) is 2.57. The molecule has 0 aromatic heterocycles. The van der Waals surface area contributed by atoms with Crippen molar-refractivity contribution >= 4 is 5.91 Å². The van der Waals surface area contributed by atoms with Gasteiger partial charge < -0.3 is 14.4 Å². The van der Waals surface area contributed by atoms with E-state index in [1.807, 2.05) is 31.3 Å². The first kappa shape index (κ1) is 17.9. The normalized spacial score (nSPS) is 10.4. The summed E-state index contributed by atoms with van der Waals surface area (Å²) < 4.78 is 10.7. The topological polar surface area (TPSA) is 38.8 Å². The van der Waals surface area contributed by atoms with Gasteiger partial charge in [-0.1, -0.05) is 30.3 Å². The number of hydrogen-bond donors (Lipinski definition) is 0. The molecule has 0 saturated heterocycles. The van der Waals surface area contributed by atoms with Crippen molar-refractivity contribution in [2.24, 2.45) is 0 Å². The quantitative estimate of drug-likeness (QED) is 0.815. The van der Waals surface area contributed by atoms with Crippen molar-refractivity contribution in [3.8, 4) is 11.5 Å². The number of carbonyl (C=O) groups is 1. The Hall–Kier alpha value is -2.49. The Morgan fingerprint density at radius 3 is 2.42 bits per heavy atom. The Kier molecular flexibility index (Phi) is 5.85. The zero-order chi connectivity index (χ0) is 17.7. The minimum absolute atomic E-state index is 0.0723. The highest BCUT2D eigenvalue weighted by Gasteiger charge is 2.15. The van der Waals surface area contributed by atoms with E-state index in [1.54, 1.807) is 19.1 Å². The molecule has 24 heavy (non-hydrogen) atoms. The van der Waals surface area contributed by atoms with Crippen molar-refractivity contribution in [3.05, 3.63) is 58.7 Å². The van der Waals surface area contributed by atoms with Gasteiger partial charge in [0.25, 0.3) is 0 Å². The van der Waals surface area contributed by atoms with E-state index in [2.05, 4.69) is 26.0 Å². The molecule has 4 nitrogen and oxygen atoms in total. The third-order valence-corrected chi connectivity index (χ3v) is 4.24. The number of aryl methyl sites for hydroxylation is 2. The molecular weight excluding hydrogens is 302 g/mol. The van der Waals surface area contributed by atoms with Crippen LogP contribution in [0.15, 0.2) is 36.4 Å². The third kappa shape index (κ3) is 4.07. The lowest BCUT2D eigenvalue weighted by Crippen LogP contribution is -2.28. The van der Waals surface area contributed by atoms with Gasteiger partial charge in [0.1, 0.15) is 0 Å². The SMILES string of the molecule is COc1cccc(CN(C)C(=O)Cc2ccc(C)c(C)c2)c1OC. The minimum Gasteiger partial charge on any atom is -0.493 e. The van der Waals surface area contributed by atoms with E-state index in [0.717, 1.165) is 11.1 Å². The second-order valence-electron chi connectivity index (χ2n) is 6.00. The van der Waals surface area contributed by atoms with Crippen LogP contribution in [0, 0.1) is 13.8 Å². The number of likely N-dealkylation sites (N-methyl/N-ethyl adjacent to an activating group) is 1. The molecule has 0 saturated carbocycles. The van der Waals surface area contributed by atoms with Crippen LogP contribution in [0.4, 0.5) is 0 Å². The number of amides is 1. The number of ether oxygens (including phenoxy) is 2. The van der Waals surface area contributed by atoms with Gasteiger partial charge in [-0.3, -0.25) is 4.79 Å². The van der Waals surface area contributed by atoms with Crippen LogP contribution in [-0.4, -0.2) is 32.1 Å². The molecule has 2 aromatic rings. The van der Waals surface area contributed by atoms with Crippen LogP contribution in [-0.2, 0) is 17.8 Å². The molecule has 0 bridgehead atoms. The highest BCUT2D eigenvalue weighted by atomic mass is 16.5. The highest BCUT2D eigenvalue weighted by Crippen LogP contribution is 2.31. The number of hydrogen-bond acceptors (Lipinski definition) is 3. The highest BCUT2D eigenvalue weighted by molar-refractivity contribution is 5.78. The number of nitrogens with zero attached hydrogens (tertiary/aromatic N) is 1. The number of rotatable bonds is 6. The van der Waals surface area contributed by atoms with E-state index < -0.39 is 0 Å². The van der Waals surface area contributed by atoms with E-state index in [-0.39, 0.29) is 5.91 Å². The summed E-state index contributed by atoms with van der Waals surface area (Å²) in [5, 5.41) is 0. The first-order valence-corrected chi connectivity index (χ1v) is 7.96. The summed E-state index contributed by atoms with van der Waals surface area (Å²) in [5.41, 5.74) is 4.40. The molecular formula is C20H25NO3. The van der Waals surface area contributed by atoms with Gasteiger partial charge in [-0.15, -0.1) is 0 Å². The van der Waals surface area contributed by atoms with Crippen LogP contribution < -0.4 is 9.47 Å². The molecule has 0 aliphatic rings. The summed E-state index contributed by atoms with van der Waals surface area (Å²) in [6, 6.07) is 11.8.